The van der Waals surface area contributed by atoms with Gasteiger partial charge in [-0.25, -0.2) is 9.29 Å². The van der Waals surface area contributed by atoms with Gasteiger partial charge in [-0.15, -0.1) is 0 Å². The van der Waals surface area contributed by atoms with Crippen LogP contribution in [0.4, 0.5) is 10.1 Å². The molecule has 1 saturated heterocycles. The molecule has 1 aliphatic rings. The van der Waals surface area contributed by atoms with Gasteiger partial charge in [0.2, 0.25) is 5.91 Å². The smallest absolute Gasteiger partial charge is 0.257 e. The summed E-state index contributed by atoms with van der Waals surface area (Å²) < 4.78 is 13.3. The number of imide groups is 1. The predicted octanol–water partition coefficient (Wildman–Crippen LogP) is 3.80. The summed E-state index contributed by atoms with van der Waals surface area (Å²) >= 11 is 0. The third-order valence-corrected chi connectivity index (χ3v) is 5.06. The Bertz CT molecular complexity index is 1070. The molecule has 5 nitrogen and oxygen atoms in total. The van der Waals surface area contributed by atoms with Crippen LogP contribution in [0.3, 0.4) is 0 Å². The maximum Gasteiger partial charge on any atom is 0.257 e. The summed E-state index contributed by atoms with van der Waals surface area (Å²) in [7, 11) is 0. The highest BCUT2D eigenvalue weighted by atomic mass is 19.1. The predicted molar refractivity (Wildman–Crippen MR) is 110 cm³/mol. The molecule has 0 radical (unpaired) electrons. The lowest BCUT2D eigenvalue weighted by Gasteiger charge is -2.28. The first kappa shape index (κ1) is 19.5. The van der Waals surface area contributed by atoms with Crippen molar-refractivity contribution in [2.75, 3.05) is 4.90 Å². The first-order valence-electron chi connectivity index (χ1n) is 9.57. The largest absolute Gasteiger partial charge is 0.322 e. The lowest BCUT2D eigenvalue weighted by atomic mass is 10.1. The third-order valence-electron chi connectivity index (χ3n) is 5.06. The minimum atomic E-state index is -0.935. The van der Waals surface area contributed by atoms with Crippen LogP contribution in [0.15, 0.2) is 84.9 Å². The van der Waals surface area contributed by atoms with Gasteiger partial charge >= 0.3 is 0 Å². The number of para-hydroxylation sites is 1. The van der Waals surface area contributed by atoms with E-state index in [1.807, 2.05) is 30.3 Å². The minimum Gasteiger partial charge on any atom is -0.322 e. The van der Waals surface area contributed by atoms with E-state index in [4.69, 9.17) is 0 Å². The molecule has 6 heteroatoms. The number of hydrogen-bond donors (Lipinski definition) is 0. The highest BCUT2D eigenvalue weighted by molar-refractivity contribution is 6.23. The molecule has 0 bridgehead atoms. The second-order valence-corrected chi connectivity index (χ2v) is 7.05. The number of halogens is 1. The maximum absolute atomic E-state index is 13.3. The SMILES string of the molecule is O=C1CC(N(Cc2ccccc2)C(=O)c2ccc(F)cc2)C(=O)N1c1ccccc1. The molecule has 30 heavy (non-hydrogen) atoms. The van der Waals surface area contributed by atoms with Crippen LogP contribution in [-0.2, 0) is 16.1 Å². The van der Waals surface area contributed by atoms with Crippen molar-refractivity contribution >= 4 is 23.4 Å². The van der Waals surface area contributed by atoms with Crippen molar-refractivity contribution in [1.29, 1.82) is 0 Å². The van der Waals surface area contributed by atoms with E-state index >= 15 is 0 Å². The van der Waals surface area contributed by atoms with Gasteiger partial charge in [0, 0.05) is 12.1 Å². The third kappa shape index (κ3) is 3.85. The molecular formula is C24H19FN2O3. The second kappa shape index (κ2) is 8.29. The Kier molecular flexibility index (Phi) is 5.39. The fraction of sp³-hybridized carbons (Fsp3) is 0.125. The van der Waals surface area contributed by atoms with Crippen molar-refractivity contribution in [2.24, 2.45) is 0 Å². The van der Waals surface area contributed by atoms with Crippen molar-refractivity contribution in [2.45, 2.75) is 19.0 Å². The van der Waals surface area contributed by atoms with Crippen LogP contribution < -0.4 is 4.90 Å². The monoisotopic (exact) mass is 402 g/mol. The topological polar surface area (TPSA) is 57.7 Å². The molecule has 0 N–H and O–H groups in total. The van der Waals surface area contributed by atoms with Crippen LogP contribution in [0.1, 0.15) is 22.3 Å². The van der Waals surface area contributed by atoms with E-state index in [0.29, 0.717) is 5.69 Å². The molecule has 3 amide bonds. The number of amides is 3. The zero-order valence-corrected chi connectivity index (χ0v) is 16.1. The highest BCUT2D eigenvalue weighted by Crippen LogP contribution is 2.27. The lowest BCUT2D eigenvalue weighted by molar-refractivity contribution is -0.122. The maximum atomic E-state index is 13.3. The van der Waals surface area contributed by atoms with Crippen molar-refractivity contribution in [3.8, 4) is 0 Å². The summed E-state index contributed by atoms with van der Waals surface area (Å²) in [6.07, 6.45) is -0.104. The van der Waals surface area contributed by atoms with E-state index in [0.717, 1.165) is 10.5 Å². The van der Waals surface area contributed by atoms with E-state index in [9.17, 15) is 18.8 Å². The Labute approximate surface area is 173 Å². The van der Waals surface area contributed by atoms with Crippen LogP contribution in [0.2, 0.25) is 0 Å². The molecule has 0 aromatic heterocycles. The number of anilines is 1. The molecule has 1 unspecified atom stereocenters. The summed E-state index contributed by atoms with van der Waals surface area (Å²) in [5.74, 6) is -1.69. The summed E-state index contributed by atoms with van der Waals surface area (Å²) in [6.45, 7) is 0.156. The Hall–Kier alpha value is -3.80. The standard InChI is InChI=1S/C24H19FN2O3/c25-19-13-11-18(12-14-19)23(29)26(16-17-7-3-1-4-8-17)21-15-22(28)27(24(21)30)20-9-5-2-6-10-20/h1-14,21H,15-16H2. The molecule has 150 valence electrons. The van der Waals surface area contributed by atoms with Crippen LogP contribution in [-0.4, -0.2) is 28.7 Å². The van der Waals surface area contributed by atoms with Crippen molar-refractivity contribution < 1.29 is 18.8 Å². The van der Waals surface area contributed by atoms with Gasteiger partial charge in [-0.2, -0.15) is 0 Å². The molecule has 3 aromatic rings. The van der Waals surface area contributed by atoms with Crippen LogP contribution in [0.25, 0.3) is 0 Å². The quantitative estimate of drug-likeness (QED) is 0.610. The summed E-state index contributed by atoms with van der Waals surface area (Å²) in [4.78, 5) is 41.6. The number of benzene rings is 3. The molecule has 0 aliphatic carbocycles. The van der Waals surface area contributed by atoms with Crippen molar-refractivity contribution in [3.05, 3.63) is 102 Å². The fourth-order valence-electron chi connectivity index (χ4n) is 3.57. The van der Waals surface area contributed by atoms with Crippen molar-refractivity contribution in [1.82, 2.24) is 4.90 Å². The average molecular weight is 402 g/mol. The Morgan fingerprint density at radius 3 is 2.13 bits per heavy atom. The summed E-state index contributed by atoms with van der Waals surface area (Å²) in [5, 5.41) is 0. The Morgan fingerprint density at radius 2 is 1.50 bits per heavy atom. The van der Waals surface area contributed by atoms with E-state index < -0.39 is 23.7 Å². The second-order valence-electron chi connectivity index (χ2n) is 7.05. The number of rotatable bonds is 5. The van der Waals surface area contributed by atoms with E-state index in [1.54, 1.807) is 30.3 Å². The van der Waals surface area contributed by atoms with Gasteiger partial charge in [0.1, 0.15) is 11.9 Å². The zero-order chi connectivity index (χ0) is 21.1. The fourth-order valence-corrected chi connectivity index (χ4v) is 3.57. The molecule has 3 aromatic carbocycles. The molecule has 1 fully saturated rings. The Balaban J connectivity index is 1.68. The average Bonchev–Trinajstić information content (AvgIpc) is 3.07. The van der Waals surface area contributed by atoms with Crippen molar-refractivity contribution in [3.63, 3.8) is 0 Å². The first-order valence-corrected chi connectivity index (χ1v) is 9.57. The summed E-state index contributed by atoms with van der Waals surface area (Å²) in [5.41, 5.74) is 1.56. The van der Waals surface area contributed by atoms with Gasteiger partial charge in [0.25, 0.3) is 11.8 Å². The van der Waals surface area contributed by atoms with Gasteiger partial charge in [-0.1, -0.05) is 48.5 Å². The molecule has 4 rings (SSSR count). The number of hydrogen-bond acceptors (Lipinski definition) is 3. The number of carbonyl (C=O) groups is 3. The van der Waals surface area contributed by atoms with Crippen LogP contribution in [0.5, 0.6) is 0 Å². The van der Waals surface area contributed by atoms with Gasteiger partial charge in [0.05, 0.1) is 12.1 Å². The highest BCUT2D eigenvalue weighted by Gasteiger charge is 2.44. The summed E-state index contributed by atoms with van der Waals surface area (Å²) in [6, 6.07) is 22.1. The molecule has 0 saturated carbocycles. The molecule has 0 spiro atoms. The number of nitrogens with zero attached hydrogens (tertiary/aromatic N) is 2. The number of carbonyl (C=O) groups excluding carboxylic acids is 3. The Morgan fingerprint density at radius 1 is 0.900 bits per heavy atom. The van der Waals surface area contributed by atoms with Gasteiger partial charge < -0.3 is 4.90 Å². The van der Waals surface area contributed by atoms with Gasteiger partial charge in [-0.3, -0.25) is 14.4 Å². The normalized spacial score (nSPS) is 16.0. The van der Waals surface area contributed by atoms with Gasteiger partial charge in [-0.05, 0) is 42.0 Å². The minimum absolute atomic E-state index is 0.104. The van der Waals surface area contributed by atoms with Crippen LogP contribution in [0, 0.1) is 5.82 Å². The molecular weight excluding hydrogens is 383 g/mol. The van der Waals surface area contributed by atoms with E-state index in [1.165, 1.54) is 29.2 Å². The molecule has 1 atom stereocenters. The molecule has 1 aliphatic heterocycles. The molecule has 1 heterocycles. The van der Waals surface area contributed by atoms with E-state index in [-0.39, 0.29) is 24.4 Å². The lowest BCUT2D eigenvalue weighted by Crippen LogP contribution is -2.45. The van der Waals surface area contributed by atoms with Gasteiger partial charge in [0.15, 0.2) is 0 Å². The zero-order valence-electron chi connectivity index (χ0n) is 16.1. The first-order chi connectivity index (χ1) is 14.5. The van der Waals surface area contributed by atoms with Crippen LogP contribution >= 0.6 is 0 Å². The van der Waals surface area contributed by atoms with E-state index in [2.05, 4.69) is 0 Å².